The molecule has 0 N–H and O–H groups in total. The lowest BCUT2D eigenvalue weighted by Crippen LogP contribution is -2.46. The minimum Gasteiger partial charge on any atom is -0.230 e. The van der Waals surface area contributed by atoms with E-state index in [1.807, 2.05) is 20.8 Å². The van der Waals surface area contributed by atoms with Crippen molar-refractivity contribution in [2.24, 2.45) is 5.92 Å². The smallest absolute Gasteiger partial charge is 0.211 e. The fourth-order valence-electron chi connectivity index (χ4n) is 2.28. The monoisotopic (exact) mass is 303 g/mol. The molecule has 20 heavy (non-hydrogen) atoms. The normalized spacial score (nSPS) is 14.8. The Kier molecular flexibility index (Phi) is 5.26. The van der Waals surface area contributed by atoms with E-state index >= 15 is 0 Å². The zero-order valence-electron chi connectivity index (χ0n) is 13.2. The fraction of sp³-hybridized carbons (Fsp3) is 0.917. The van der Waals surface area contributed by atoms with Crippen LogP contribution in [0.1, 0.15) is 39.4 Å². The van der Waals surface area contributed by atoms with Crippen LogP contribution < -0.4 is 0 Å². The van der Waals surface area contributed by atoms with E-state index in [2.05, 4.69) is 22.4 Å². The summed E-state index contributed by atoms with van der Waals surface area (Å²) in [5.41, 5.74) is -0.434. The number of hydrogen-bond acceptors (Lipinski definition) is 5. The number of tetrazole rings is 1. The van der Waals surface area contributed by atoms with Crippen LogP contribution in [-0.4, -0.2) is 51.8 Å². The van der Waals surface area contributed by atoms with E-state index in [0.29, 0.717) is 12.5 Å². The maximum Gasteiger partial charge on any atom is 0.211 e. The van der Waals surface area contributed by atoms with Gasteiger partial charge in [-0.1, -0.05) is 13.3 Å². The Morgan fingerprint density at radius 3 is 2.40 bits per heavy atom. The average molecular weight is 303 g/mol. The first-order chi connectivity index (χ1) is 9.08. The maximum atomic E-state index is 11.7. The molecule has 1 rings (SSSR count). The molecule has 0 fully saturated rings. The van der Waals surface area contributed by atoms with Crippen molar-refractivity contribution in [1.29, 1.82) is 0 Å². The van der Waals surface area contributed by atoms with Crippen molar-refractivity contribution in [3.8, 4) is 0 Å². The zero-order chi connectivity index (χ0) is 15.6. The largest absolute Gasteiger partial charge is 0.230 e. The highest BCUT2D eigenvalue weighted by Gasteiger charge is 2.32. The molecule has 7 nitrogen and oxygen atoms in total. The highest BCUT2D eigenvalue weighted by Crippen LogP contribution is 2.27. The van der Waals surface area contributed by atoms with Crippen molar-refractivity contribution in [2.45, 2.75) is 52.6 Å². The summed E-state index contributed by atoms with van der Waals surface area (Å²) >= 11 is 0. The van der Waals surface area contributed by atoms with Gasteiger partial charge in [0.05, 0.1) is 6.26 Å². The third-order valence-corrected chi connectivity index (χ3v) is 5.35. The Morgan fingerprint density at radius 1 is 1.40 bits per heavy atom. The van der Waals surface area contributed by atoms with Crippen LogP contribution in [0.4, 0.5) is 0 Å². The van der Waals surface area contributed by atoms with E-state index in [4.69, 9.17) is 0 Å². The Labute approximate surface area is 121 Å². The summed E-state index contributed by atoms with van der Waals surface area (Å²) in [7, 11) is -1.57. The molecule has 1 aromatic heterocycles. The lowest BCUT2D eigenvalue weighted by Gasteiger charge is -2.36. The Morgan fingerprint density at radius 2 is 2.00 bits per heavy atom. The molecule has 1 unspecified atom stereocenters. The number of sulfonamides is 1. The third kappa shape index (κ3) is 4.24. The molecule has 8 heteroatoms. The van der Waals surface area contributed by atoms with Crippen molar-refractivity contribution in [3.05, 3.63) is 5.82 Å². The van der Waals surface area contributed by atoms with E-state index in [1.54, 1.807) is 11.7 Å². The van der Waals surface area contributed by atoms with Crippen LogP contribution in [0.25, 0.3) is 0 Å². The van der Waals surface area contributed by atoms with Gasteiger partial charge in [0.25, 0.3) is 0 Å². The van der Waals surface area contributed by atoms with Gasteiger partial charge in [-0.3, -0.25) is 0 Å². The van der Waals surface area contributed by atoms with Crippen molar-refractivity contribution < 1.29 is 8.42 Å². The standard InChI is InChI=1S/C12H25N5O2S/c1-7-11(9-17-10(2)13-14-15-17)8-12(3,4)16(5)20(6,18)19/h11H,7-9H2,1-6H3. The molecule has 0 amide bonds. The molecule has 116 valence electrons. The number of aryl methyl sites for hydroxylation is 1. The van der Waals surface area contributed by atoms with Crippen LogP contribution in [0.2, 0.25) is 0 Å². The fourth-order valence-corrected chi connectivity index (χ4v) is 3.26. The number of rotatable bonds is 7. The lowest BCUT2D eigenvalue weighted by molar-refractivity contribution is 0.195. The molecule has 0 aromatic carbocycles. The van der Waals surface area contributed by atoms with E-state index in [-0.39, 0.29) is 0 Å². The quantitative estimate of drug-likeness (QED) is 0.752. The number of hydrogen-bond donors (Lipinski definition) is 0. The van der Waals surface area contributed by atoms with E-state index in [0.717, 1.165) is 18.7 Å². The molecular formula is C12H25N5O2S. The lowest BCUT2D eigenvalue weighted by atomic mass is 9.89. The van der Waals surface area contributed by atoms with E-state index < -0.39 is 15.6 Å². The van der Waals surface area contributed by atoms with Gasteiger partial charge in [-0.25, -0.2) is 13.1 Å². The molecule has 0 aliphatic carbocycles. The Balaban J connectivity index is 2.80. The second-order valence-electron chi connectivity index (χ2n) is 5.93. The van der Waals surface area contributed by atoms with Crippen LogP contribution in [0.5, 0.6) is 0 Å². The summed E-state index contributed by atoms with van der Waals surface area (Å²) in [5, 5.41) is 11.5. The second kappa shape index (κ2) is 6.17. The molecule has 0 spiro atoms. The van der Waals surface area contributed by atoms with Crippen molar-refractivity contribution in [1.82, 2.24) is 24.5 Å². The van der Waals surface area contributed by atoms with Gasteiger partial charge in [-0.2, -0.15) is 4.31 Å². The van der Waals surface area contributed by atoms with Gasteiger partial charge in [0.1, 0.15) is 5.82 Å². The number of nitrogens with zero attached hydrogens (tertiary/aromatic N) is 5. The molecule has 0 radical (unpaired) electrons. The van der Waals surface area contributed by atoms with Crippen molar-refractivity contribution in [3.63, 3.8) is 0 Å². The van der Waals surface area contributed by atoms with Gasteiger partial charge in [0.15, 0.2) is 0 Å². The number of aromatic nitrogens is 4. The van der Waals surface area contributed by atoms with Crippen LogP contribution in [0, 0.1) is 12.8 Å². The van der Waals surface area contributed by atoms with E-state index in [9.17, 15) is 8.42 Å². The Hall–Kier alpha value is -1.02. The van der Waals surface area contributed by atoms with Gasteiger partial charge < -0.3 is 0 Å². The predicted octanol–water partition coefficient (Wildman–Crippen LogP) is 1.07. The molecule has 1 heterocycles. The van der Waals surface area contributed by atoms with Crippen LogP contribution in [0.15, 0.2) is 0 Å². The molecular weight excluding hydrogens is 278 g/mol. The second-order valence-corrected chi connectivity index (χ2v) is 7.94. The van der Waals surface area contributed by atoms with Gasteiger partial charge in [0.2, 0.25) is 10.0 Å². The summed E-state index contributed by atoms with van der Waals surface area (Å²) in [5.74, 6) is 1.09. The minimum atomic E-state index is -3.20. The maximum absolute atomic E-state index is 11.7. The summed E-state index contributed by atoms with van der Waals surface area (Å²) in [6.45, 7) is 8.56. The third-order valence-electron chi connectivity index (χ3n) is 3.86. The SMILES string of the molecule is CCC(Cn1nnnc1C)CC(C)(C)N(C)S(C)(=O)=O. The first-order valence-corrected chi connectivity index (χ1v) is 8.59. The van der Waals surface area contributed by atoms with Gasteiger partial charge in [-0.05, 0) is 43.5 Å². The van der Waals surface area contributed by atoms with Crippen LogP contribution >= 0.6 is 0 Å². The molecule has 0 bridgehead atoms. The summed E-state index contributed by atoms with van der Waals surface area (Å²) < 4.78 is 26.6. The summed E-state index contributed by atoms with van der Waals surface area (Å²) in [6, 6.07) is 0. The van der Waals surface area contributed by atoms with Gasteiger partial charge in [0, 0.05) is 19.1 Å². The first kappa shape index (κ1) is 17.0. The minimum absolute atomic E-state index is 0.316. The molecule has 0 saturated heterocycles. The summed E-state index contributed by atoms with van der Waals surface area (Å²) in [6.07, 6.45) is 2.94. The molecule has 0 aliphatic heterocycles. The average Bonchev–Trinajstić information content (AvgIpc) is 2.71. The summed E-state index contributed by atoms with van der Waals surface area (Å²) in [4.78, 5) is 0. The van der Waals surface area contributed by atoms with Crippen LogP contribution in [-0.2, 0) is 16.6 Å². The van der Waals surface area contributed by atoms with Crippen LogP contribution in [0.3, 0.4) is 0 Å². The van der Waals surface area contributed by atoms with Gasteiger partial charge in [-0.15, -0.1) is 5.10 Å². The highest BCUT2D eigenvalue weighted by atomic mass is 32.2. The topological polar surface area (TPSA) is 81.0 Å². The zero-order valence-corrected chi connectivity index (χ0v) is 14.0. The van der Waals surface area contributed by atoms with Crippen molar-refractivity contribution in [2.75, 3.05) is 13.3 Å². The molecule has 0 saturated carbocycles. The van der Waals surface area contributed by atoms with Gasteiger partial charge >= 0.3 is 0 Å². The predicted molar refractivity (Wildman–Crippen MR) is 77.6 cm³/mol. The first-order valence-electron chi connectivity index (χ1n) is 6.74. The molecule has 0 aliphatic rings. The Bertz CT molecular complexity index is 538. The molecule has 1 aromatic rings. The highest BCUT2D eigenvalue weighted by molar-refractivity contribution is 7.88. The van der Waals surface area contributed by atoms with E-state index in [1.165, 1.54) is 10.6 Å². The van der Waals surface area contributed by atoms with Crippen molar-refractivity contribution >= 4 is 10.0 Å². The molecule has 1 atom stereocenters.